The Morgan fingerprint density at radius 2 is 1.68 bits per heavy atom. The zero-order valence-electron chi connectivity index (χ0n) is 13.8. The number of H-pyrrole nitrogens is 2. The van der Waals surface area contributed by atoms with Gasteiger partial charge in [-0.15, -0.1) is 0 Å². The van der Waals surface area contributed by atoms with Crippen LogP contribution in [0.2, 0.25) is 0 Å². The molecular weight excluding hydrogens is 310 g/mol. The van der Waals surface area contributed by atoms with Crippen LogP contribution in [0.1, 0.15) is 35.7 Å². The molecule has 0 amide bonds. The number of aromatic hydroxyl groups is 1. The Labute approximate surface area is 145 Å². The second-order valence-corrected chi connectivity index (χ2v) is 6.68. The van der Waals surface area contributed by atoms with Gasteiger partial charge in [-0.05, 0) is 37.0 Å². The first-order valence-electron chi connectivity index (χ1n) is 8.73. The molecular formula is C21H19N3O. The SMILES string of the molecule is Oc1[nH]c2ccccc2c1C=NC1CCCc2c1[nH]c1ccccc21. The number of benzene rings is 2. The second kappa shape index (κ2) is 5.52. The fraction of sp³-hybridized carbons (Fsp3) is 0.190. The summed E-state index contributed by atoms with van der Waals surface area (Å²) < 4.78 is 0. The molecule has 25 heavy (non-hydrogen) atoms. The third-order valence-corrected chi connectivity index (χ3v) is 5.19. The summed E-state index contributed by atoms with van der Waals surface area (Å²) in [5.41, 5.74) is 5.50. The summed E-state index contributed by atoms with van der Waals surface area (Å²) in [7, 11) is 0. The fourth-order valence-electron chi connectivity index (χ4n) is 3.98. The first-order valence-corrected chi connectivity index (χ1v) is 8.73. The van der Waals surface area contributed by atoms with E-state index in [-0.39, 0.29) is 11.9 Å². The van der Waals surface area contributed by atoms with Gasteiger partial charge < -0.3 is 15.1 Å². The Hall–Kier alpha value is -3.01. The van der Waals surface area contributed by atoms with Gasteiger partial charge in [0, 0.05) is 33.7 Å². The Balaban J connectivity index is 1.57. The van der Waals surface area contributed by atoms with Crippen molar-refractivity contribution in [3.63, 3.8) is 0 Å². The minimum atomic E-state index is 0.115. The largest absolute Gasteiger partial charge is 0.494 e. The van der Waals surface area contributed by atoms with Gasteiger partial charge in [-0.2, -0.15) is 0 Å². The number of hydrogen-bond acceptors (Lipinski definition) is 2. The van der Waals surface area contributed by atoms with E-state index in [1.807, 2.05) is 30.5 Å². The molecule has 1 aliphatic rings. The number of nitrogens with one attached hydrogen (secondary N) is 2. The molecule has 1 unspecified atom stereocenters. The van der Waals surface area contributed by atoms with Gasteiger partial charge >= 0.3 is 0 Å². The highest BCUT2D eigenvalue weighted by Crippen LogP contribution is 2.37. The van der Waals surface area contributed by atoms with Crippen LogP contribution in [0.4, 0.5) is 0 Å². The van der Waals surface area contributed by atoms with Gasteiger partial charge in [0.15, 0.2) is 5.88 Å². The Morgan fingerprint density at radius 1 is 0.960 bits per heavy atom. The lowest BCUT2D eigenvalue weighted by atomic mass is 9.92. The molecule has 3 N–H and O–H groups in total. The normalized spacial score (nSPS) is 17.5. The van der Waals surface area contributed by atoms with Crippen molar-refractivity contribution in [2.45, 2.75) is 25.3 Å². The van der Waals surface area contributed by atoms with E-state index in [4.69, 9.17) is 4.99 Å². The summed E-state index contributed by atoms with van der Waals surface area (Å²) >= 11 is 0. The highest BCUT2D eigenvalue weighted by molar-refractivity contribution is 6.02. The van der Waals surface area contributed by atoms with Gasteiger partial charge in [-0.25, -0.2) is 0 Å². The molecule has 5 rings (SSSR count). The molecule has 4 heteroatoms. The molecule has 0 saturated heterocycles. The van der Waals surface area contributed by atoms with Crippen molar-refractivity contribution in [2.24, 2.45) is 4.99 Å². The van der Waals surface area contributed by atoms with Crippen molar-refractivity contribution in [1.82, 2.24) is 9.97 Å². The number of rotatable bonds is 2. The maximum atomic E-state index is 10.2. The summed E-state index contributed by atoms with van der Waals surface area (Å²) in [5, 5.41) is 12.5. The lowest BCUT2D eigenvalue weighted by Gasteiger charge is -2.19. The van der Waals surface area contributed by atoms with E-state index in [9.17, 15) is 5.11 Å². The van der Waals surface area contributed by atoms with Crippen LogP contribution in [0.3, 0.4) is 0 Å². The van der Waals surface area contributed by atoms with E-state index < -0.39 is 0 Å². The smallest absolute Gasteiger partial charge is 0.198 e. The zero-order valence-corrected chi connectivity index (χ0v) is 13.8. The lowest BCUT2D eigenvalue weighted by Crippen LogP contribution is -2.07. The van der Waals surface area contributed by atoms with E-state index in [0.717, 1.165) is 35.7 Å². The maximum Gasteiger partial charge on any atom is 0.198 e. The summed E-state index contributed by atoms with van der Waals surface area (Å²) in [4.78, 5) is 11.4. The van der Waals surface area contributed by atoms with Gasteiger partial charge in [0.25, 0.3) is 0 Å². The van der Waals surface area contributed by atoms with Gasteiger partial charge in [0.1, 0.15) is 0 Å². The quantitative estimate of drug-likeness (QED) is 0.452. The lowest BCUT2D eigenvalue weighted by molar-refractivity contribution is 0.457. The van der Waals surface area contributed by atoms with Crippen molar-refractivity contribution in [1.29, 1.82) is 0 Å². The summed E-state index contributed by atoms with van der Waals surface area (Å²) in [6, 6.07) is 16.5. The molecule has 0 spiro atoms. The Morgan fingerprint density at radius 3 is 2.52 bits per heavy atom. The summed E-state index contributed by atoms with van der Waals surface area (Å²) in [6.07, 6.45) is 5.08. The first-order chi connectivity index (χ1) is 12.3. The molecule has 0 fully saturated rings. The Kier molecular flexibility index (Phi) is 3.17. The van der Waals surface area contributed by atoms with Crippen molar-refractivity contribution >= 4 is 28.0 Å². The van der Waals surface area contributed by atoms with E-state index >= 15 is 0 Å². The van der Waals surface area contributed by atoms with Crippen LogP contribution >= 0.6 is 0 Å². The van der Waals surface area contributed by atoms with Crippen molar-refractivity contribution in [2.75, 3.05) is 0 Å². The molecule has 4 aromatic rings. The molecule has 2 heterocycles. The van der Waals surface area contributed by atoms with Crippen LogP contribution in [-0.4, -0.2) is 21.3 Å². The highest BCUT2D eigenvalue weighted by Gasteiger charge is 2.23. The highest BCUT2D eigenvalue weighted by atomic mass is 16.3. The van der Waals surface area contributed by atoms with Crippen LogP contribution in [0.5, 0.6) is 5.88 Å². The number of aromatic nitrogens is 2. The van der Waals surface area contributed by atoms with E-state index in [0.29, 0.717) is 0 Å². The molecule has 0 bridgehead atoms. The molecule has 4 nitrogen and oxygen atoms in total. The van der Waals surface area contributed by atoms with Crippen LogP contribution in [0, 0.1) is 0 Å². The predicted molar refractivity (Wildman–Crippen MR) is 102 cm³/mol. The zero-order chi connectivity index (χ0) is 16.8. The number of hydrogen-bond donors (Lipinski definition) is 3. The number of nitrogens with zero attached hydrogens (tertiary/aromatic N) is 1. The summed E-state index contributed by atoms with van der Waals surface area (Å²) in [5.74, 6) is 0.178. The van der Waals surface area contributed by atoms with Crippen molar-refractivity contribution in [3.05, 3.63) is 65.4 Å². The van der Waals surface area contributed by atoms with Crippen LogP contribution in [0.25, 0.3) is 21.8 Å². The number of fused-ring (bicyclic) bond motifs is 4. The van der Waals surface area contributed by atoms with E-state index in [2.05, 4.69) is 34.2 Å². The van der Waals surface area contributed by atoms with Crippen molar-refractivity contribution < 1.29 is 5.11 Å². The molecule has 0 saturated carbocycles. The third-order valence-electron chi connectivity index (χ3n) is 5.19. The van der Waals surface area contributed by atoms with Gasteiger partial charge in [-0.3, -0.25) is 4.99 Å². The second-order valence-electron chi connectivity index (χ2n) is 6.68. The maximum absolute atomic E-state index is 10.2. The van der Waals surface area contributed by atoms with Crippen LogP contribution in [-0.2, 0) is 6.42 Å². The summed E-state index contributed by atoms with van der Waals surface area (Å²) in [6.45, 7) is 0. The minimum absolute atomic E-state index is 0.115. The average Bonchev–Trinajstić information content (AvgIpc) is 3.17. The number of aliphatic imine (C=N–C) groups is 1. The van der Waals surface area contributed by atoms with E-state index in [1.165, 1.54) is 22.2 Å². The first kappa shape index (κ1) is 14.3. The third kappa shape index (κ3) is 2.25. The van der Waals surface area contributed by atoms with Crippen LogP contribution in [0.15, 0.2) is 53.5 Å². The van der Waals surface area contributed by atoms with Gasteiger partial charge in [0.2, 0.25) is 0 Å². The predicted octanol–water partition coefficient (Wildman–Crippen LogP) is 4.85. The van der Waals surface area contributed by atoms with Gasteiger partial charge in [-0.1, -0.05) is 36.4 Å². The monoisotopic (exact) mass is 329 g/mol. The van der Waals surface area contributed by atoms with Gasteiger partial charge in [0.05, 0.1) is 11.6 Å². The molecule has 1 atom stereocenters. The number of aromatic amines is 2. The topological polar surface area (TPSA) is 64.2 Å². The molecule has 2 aromatic heterocycles. The molecule has 2 aromatic carbocycles. The molecule has 0 aliphatic heterocycles. The minimum Gasteiger partial charge on any atom is -0.494 e. The Bertz CT molecular complexity index is 1100. The van der Waals surface area contributed by atoms with Crippen molar-refractivity contribution in [3.8, 4) is 5.88 Å². The number of aryl methyl sites for hydroxylation is 1. The molecule has 0 radical (unpaired) electrons. The standard InChI is InChI=1S/C21H19N3O/c25-21-16(14-7-2-4-10-18(14)24-21)12-22-19-11-5-8-15-13-6-1-3-9-17(13)23-20(15)19/h1-4,6-7,9-10,12,19,23-25H,5,8,11H2. The number of para-hydroxylation sites is 2. The fourth-order valence-corrected chi connectivity index (χ4v) is 3.98. The molecule has 124 valence electrons. The molecule has 1 aliphatic carbocycles. The average molecular weight is 329 g/mol. The van der Waals surface area contributed by atoms with Crippen LogP contribution < -0.4 is 0 Å². The van der Waals surface area contributed by atoms with E-state index in [1.54, 1.807) is 0 Å².